The van der Waals surface area contributed by atoms with Gasteiger partial charge in [0.2, 0.25) is 0 Å². The van der Waals surface area contributed by atoms with Crippen LogP contribution in [0, 0.1) is 5.92 Å². The Morgan fingerprint density at radius 3 is 2.35 bits per heavy atom. The minimum absolute atomic E-state index is 0. The van der Waals surface area contributed by atoms with Gasteiger partial charge in [-0.1, -0.05) is 62.2 Å². The number of likely N-dealkylation sites (tertiary alicyclic amines) is 1. The number of hydrogen-bond acceptors (Lipinski definition) is 3. The lowest BCUT2D eigenvalue weighted by molar-refractivity contribution is 0.119. The maximum Gasteiger partial charge on any atom is 0.0601 e. The molecule has 0 amide bonds. The Morgan fingerprint density at radius 1 is 1.04 bits per heavy atom. The van der Waals surface area contributed by atoms with Crippen LogP contribution in [0.25, 0.3) is 0 Å². The first-order chi connectivity index (χ1) is 12.2. The van der Waals surface area contributed by atoms with Crippen molar-refractivity contribution in [3.8, 4) is 0 Å². The van der Waals surface area contributed by atoms with Crippen LogP contribution in [0.2, 0.25) is 0 Å². The Labute approximate surface area is 164 Å². The van der Waals surface area contributed by atoms with Gasteiger partial charge in [-0.15, -0.1) is 12.4 Å². The van der Waals surface area contributed by atoms with Crippen molar-refractivity contribution in [1.82, 2.24) is 4.90 Å². The normalized spacial score (nSPS) is 21.8. The minimum Gasteiger partial charge on any atom is -0.399 e. The van der Waals surface area contributed by atoms with E-state index in [2.05, 4.69) is 54.3 Å². The quantitative estimate of drug-likeness (QED) is 0.726. The molecule has 2 aromatic carbocycles. The second-order valence-corrected chi connectivity index (χ2v) is 7.33. The Hall–Kier alpha value is -1.55. The van der Waals surface area contributed by atoms with Crippen LogP contribution in [-0.2, 0) is 0 Å². The molecule has 3 rings (SSSR count). The molecule has 3 nitrogen and oxygen atoms in total. The molecule has 1 aliphatic rings. The highest BCUT2D eigenvalue weighted by molar-refractivity contribution is 5.85. The van der Waals surface area contributed by atoms with E-state index in [1.807, 2.05) is 12.1 Å². The first kappa shape index (κ1) is 20.8. The van der Waals surface area contributed by atoms with Gasteiger partial charge in [0.05, 0.1) is 6.04 Å². The number of nitrogens with zero attached hydrogens (tertiary/aromatic N) is 1. The fraction of sp³-hybridized carbons (Fsp3) is 0.455. The zero-order valence-corrected chi connectivity index (χ0v) is 16.5. The number of unbranched alkanes of at least 4 members (excludes halogenated alkanes) is 1. The second kappa shape index (κ2) is 9.96. The van der Waals surface area contributed by atoms with Gasteiger partial charge in [0.25, 0.3) is 0 Å². The van der Waals surface area contributed by atoms with Crippen LogP contribution >= 0.6 is 12.4 Å². The summed E-state index contributed by atoms with van der Waals surface area (Å²) in [5, 5.41) is 0. The molecule has 1 saturated heterocycles. The molecule has 2 aromatic rings. The van der Waals surface area contributed by atoms with Gasteiger partial charge in [0.15, 0.2) is 0 Å². The third kappa shape index (κ3) is 5.00. The van der Waals surface area contributed by atoms with Crippen molar-refractivity contribution >= 4 is 18.1 Å². The maximum atomic E-state index is 6.44. The van der Waals surface area contributed by atoms with Gasteiger partial charge < -0.3 is 11.5 Å². The summed E-state index contributed by atoms with van der Waals surface area (Å²) in [6.45, 7) is 4.38. The second-order valence-electron chi connectivity index (χ2n) is 7.33. The van der Waals surface area contributed by atoms with Gasteiger partial charge in [-0.3, -0.25) is 4.90 Å². The van der Waals surface area contributed by atoms with Gasteiger partial charge in [0.1, 0.15) is 0 Å². The van der Waals surface area contributed by atoms with Gasteiger partial charge in [-0.25, -0.2) is 0 Å². The SMILES string of the molecule is CCCCC1CN(C(c2ccccc2)c2ccc(N)cc2)CCC1N.Cl. The van der Waals surface area contributed by atoms with E-state index < -0.39 is 0 Å². The fourth-order valence-electron chi connectivity index (χ4n) is 4.01. The number of piperidine rings is 1. The van der Waals surface area contributed by atoms with Gasteiger partial charge in [-0.05, 0) is 42.0 Å². The predicted molar refractivity (Wildman–Crippen MR) is 114 cm³/mol. The third-order valence-electron chi connectivity index (χ3n) is 5.49. The average molecular weight is 374 g/mol. The summed E-state index contributed by atoms with van der Waals surface area (Å²) in [6, 6.07) is 19.8. The van der Waals surface area contributed by atoms with E-state index in [4.69, 9.17) is 11.5 Å². The molecule has 3 unspecified atom stereocenters. The number of halogens is 1. The maximum absolute atomic E-state index is 6.44. The Morgan fingerprint density at radius 2 is 1.69 bits per heavy atom. The molecule has 0 radical (unpaired) electrons. The molecule has 1 fully saturated rings. The Bertz CT molecular complexity index is 644. The van der Waals surface area contributed by atoms with Crippen LogP contribution in [0.15, 0.2) is 54.6 Å². The van der Waals surface area contributed by atoms with E-state index >= 15 is 0 Å². The zero-order valence-electron chi connectivity index (χ0n) is 15.7. The largest absolute Gasteiger partial charge is 0.399 e. The summed E-state index contributed by atoms with van der Waals surface area (Å²) >= 11 is 0. The highest BCUT2D eigenvalue weighted by atomic mass is 35.5. The van der Waals surface area contributed by atoms with Crippen molar-refractivity contribution in [1.29, 1.82) is 0 Å². The van der Waals surface area contributed by atoms with Crippen LogP contribution in [0.4, 0.5) is 5.69 Å². The standard InChI is InChI=1S/C22H31N3.ClH/c1-2-3-7-19-16-25(15-14-21(19)24)22(17-8-5-4-6-9-17)18-10-12-20(23)13-11-18;/h4-6,8-13,19,21-22H,2-3,7,14-16,23-24H2,1H3;1H. The van der Waals surface area contributed by atoms with Crippen LogP contribution in [0.5, 0.6) is 0 Å². The van der Waals surface area contributed by atoms with Crippen LogP contribution in [0.1, 0.15) is 49.8 Å². The summed E-state index contributed by atoms with van der Waals surface area (Å²) in [5.74, 6) is 0.591. The summed E-state index contributed by atoms with van der Waals surface area (Å²) < 4.78 is 0. The highest BCUT2D eigenvalue weighted by Crippen LogP contribution is 2.33. The molecule has 1 aliphatic heterocycles. The Kier molecular flexibility index (Phi) is 7.95. The summed E-state index contributed by atoms with van der Waals surface area (Å²) in [5.41, 5.74) is 15.8. The van der Waals surface area contributed by atoms with E-state index in [0.29, 0.717) is 12.0 Å². The minimum atomic E-state index is 0. The molecule has 26 heavy (non-hydrogen) atoms. The summed E-state index contributed by atoms with van der Waals surface area (Å²) in [6.07, 6.45) is 4.82. The van der Waals surface area contributed by atoms with Crippen molar-refractivity contribution in [2.24, 2.45) is 11.7 Å². The molecule has 142 valence electrons. The van der Waals surface area contributed by atoms with Crippen molar-refractivity contribution in [3.63, 3.8) is 0 Å². The van der Waals surface area contributed by atoms with Crippen molar-refractivity contribution in [2.75, 3.05) is 18.8 Å². The first-order valence-corrected chi connectivity index (χ1v) is 9.59. The number of nitrogens with two attached hydrogens (primary N) is 2. The summed E-state index contributed by atoms with van der Waals surface area (Å²) in [4.78, 5) is 2.62. The smallest absolute Gasteiger partial charge is 0.0601 e. The number of rotatable bonds is 6. The van der Waals surface area contributed by atoms with E-state index in [9.17, 15) is 0 Å². The number of hydrogen-bond donors (Lipinski definition) is 2. The molecular formula is C22H32ClN3. The predicted octanol–water partition coefficient (Wildman–Crippen LogP) is 4.62. The van der Waals surface area contributed by atoms with Crippen LogP contribution < -0.4 is 11.5 Å². The molecule has 4 heteroatoms. The molecule has 0 spiro atoms. The van der Waals surface area contributed by atoms with E-state index in [0.717, 1.165) is 25.2 Å². The lowest BCUT2D eigenvalue weighted by Gasteiger charge is -2.41. The molecular weight excluding hydrogens is 342 g/mol. The lowest BCUT2D eigenvalue weighted by atomic mass is 9.86. The number of anilines is 1. The lowest BCUT2D eigenvalue weighted by Crippen LogP contribution is -2.48. The highest BCUT2D eigenvalue weighted by Gasteiger charge is 2.31. The molecule has 1 heterocycles. The molecule has 0 saturated carbocycles. The van der Waals surface area contributed by atoms with E-state index in [1.165, 1.54) is 30.4 Å². The van der Waals surface area contributed by atoms with Crippen molar-refractivity contribution in [3.05, 3.63) is 65.7 Å². The van der Waals surface area contributed by atoms with E-state index in [-0.39, 0.29) is 18.4 Å². The third-order valence-corrected chi connectivity index (χ3v) is 5.49. The average Bonchev–Trinajstić information content (AvgIpc) is 2.64. The first-order valence-electron chi connectivity index (χ1n) is 9.59. The van der Waals surface area contributed by atoms with Gasteiger partial charge >= 0.3 is 0 Å². The monoisotopic (exact) mass is 373 g/mol. The molecule has 0 bridgehead atoms. The fourth-order valence-corrected chi connectivity index (χ4v) is 4.01. The topological polar surface area (TPSA) is 55.3 Å². The summed E-state index contributed by atoms with van der Waals surface area (Å²) in [7, 11) is 0. The van der Waals surface area contributed by atoms with Crippen molar-refractivity contribution < 1.29 is 0 Å². The molecule has 0 aliphatic carbocycles. The molecule has 3 atom stereocenters. The van der Waals surface area contributed by atoms with E-state index in [1.54, 1.807) is 0 Å². The molecule has 4 N–H and O–H groups in total. The molecule has 0 aromatic heterocycles. The van der Waals surface area contributed by atoms with Crippen molar-refractivity contribution in [2.45, 2.75) is 44.7 Å². The number of benzene rings is 2. The zero-order chi connectivity index (χ0) is 17.6. The van der Waals surface area contributed by atoms with Crippen LogP contribution in [-0.4, -0.2) is 24.0 Å². The van der Waals surface area contributed by atoms with Gasteiger partial charge in [-0.2, -0.15) is 0 Å². The number of nitrogen functional groups attached to an aromatic ring is 1. The Balaban J connectivity index is 0.00000243. The van der Waals surface area contributed by atoms with Crippen LogP contribution in [0.3, 0.4) is 0 Å². The van der Waals surface area contributed by atoms with Gasteiger partial charge in [0, 0.05) is 24.8 Å².